The van der Waals surface area contributed by atoms with Gasteiger partial charge >= 0.3 is 5.97 Å². The van der Waals surface area contributed by atoms with Crippen molar-refractivity contribution in [2.45, 2.75) is 69.6 Å². The number of fused-ring (bicyclic) bond motifs is 2. The Labute approximate surface area is 199 Å². The molecular formula is C29H39NO3. The molecular weight excluding hydrogens is 410 g/mol. The van der Waals surface area contributed by atoms with Gasteiger partial charge in [0.1, 0.15) is 5.75 Å². The molecule has 0 radical (unpaired) electrons. The van der Waals surface area contributed by atoms with Crippen molar-refractivity contribution in [2.24, 2.45) is 5.92 Å². The van der Waals surface area contributed by atoms with Crippen LogP contribution in [-0.2, 0) is 23.1 Å². The third-order valence-electron chi connectivity index (χ3n) is 7.87. The molecule has 4 rings (SSSR count). The highest BCUT2D eigenvalue weighted by atomic mass is 16.5. The molecule has 0 aromatic heterocycles. The number of hydrogen-bond donors (Lipinski definition) is 1. The van der Waals surface area contributed by atoms with Gasteiger partial charge in [0.15, 0.2) is 0 Å². The Balaban J connectivity index is 1.17. The van der Waals surface area contributed by atoms with Crippen LogP contribution in [0.25, 0.3) is 0 Å². The number of hydrogen-bond acceptors (Lipinski definition) is 3. The molecule has 0 amide bonds. The standard InChI is InChI=1S/C29H39NO3/c1-30(20-7-10-23-8-3-2-4-9-23)19-5-6-21-33-26-12-11-24-13-16-29(27(24)22-26)17-14-25(15-18-29)28(31)32/h2-4,8-9,11-12,22,25H,5-7,10,13-21H2,1H3,(H,31,32). The number of aryl methyl sites for hydroxylation is 2. The lowest BCUT2D eigenvalue weighted by Crippen LogP contribution is -2.32. The number of benzene rings is 2. The Bertz CT molecular complexity index is 902. The Morgan fingerprint density at radius 2 is 1.79 bits per heavy atom. The molecule has 1 spiro atoms. The second-order valence-electron chi connectivity index (χ2n) is 10.2. The zero-order chi connectivity index (χ0) is 23.1. The Hall–Kier alpha value is -2.33. The van der Waals surface area contributed by atoms with Gasteiger partial charge in [-0.3, -0.25) is 4.79 Å². The van der Waals surface area contributed by atoms with Crippen molar-refractivity contribution in [1.29, 1.82) is 0 Å². The minimum Gasteiger partial charge on any atom is -0.494 e. The maximum atomic E-state index is 11.4. The van der Waals surface area contributed by atoms with Gasteiger partial charge in [-0.25, -0.2) is 0 Å². The zero-order valence-electron chi connectivity index (χ0n) is 20.1. The number of carboxylic acid groups (broad SMARTS) is 1. The lowest BCUT2D eigenvalue weighted by atomic mass is 9.67. The van der Waals surface area contributed by atoms with Crippen molar-refractivity contribution in [1.82, 2.24) is 4.90 Å². The third-order valence-corrected chi connectivity index (χ3v) is 7.87. The number of carbonyl (C=O) groups is 1. The predicted molar refractivity (Wildman–Crippen MR) is 133 cm³/mol. The largest absolute Gasteiger partial charge is 0.494 e. The van der Waals surface area contributed by atoms with E-state index in [1.54, 1.807) is 0 Å². The molecule has 2 aliphatic rings. The van der Waals surface area contributed by atoms with E-state index >= 15 is 0 Å². The molecule has 178 valence electrons. The van der Waals surface area contributed by atoms with E-state index in [9.17, 15) is 9.90 Å². The summed E-state index contributed by atoms with van der Waals surface area (Å²) in [4.78, 5) is 13.8. The first-order chi connectivity index (χ1) is 16.1. The minimum atomic E-state index is -0.623. The van der Waals surface area contributed by atoms with Crippen LogP contribution in [0.2, 0.25) is 0 Å². The molecule has 0 saturated heterocycles. The van der Waals surface area contributed by atoms with Gasteiger partial charge in [0.25, 0.3) is 0 Å². The smallest absolute Gasteiger partial charge is 0.306 e. The topological polar surface area (TPSA) is 49.8 Å². The summed E-state index contributed by atoms with van der Waals surface area (Å²) in [5.41, 5.74) is 4.48. The third kappa shape index (κ3) is 6.17. The quantitative estimate of drug-likeness (QED) is 0.436. The van der Waals surface area contributed by atoms with Gasteiger partial charge in [0.2, 0.25) is 0 Å². The van der Waals surface area contributed by atoms with E-state index < -0.39 is 5.97 Å². The highest BCUT2D eigenvalue weighted by Crippen LogP contribution is 2.50. The van der Waals surface area contributed by atoms with Gasteiger partial charge in [-0.2, -0.15) is 0 Å². The van der Waals surface area contributed by atoms with Crippen LogP contribution in [0.5, 0.6) is 5.75 Å². The summed E-state index contributed by atoms with van der Waals surface area (Å²) >= 11 is 0. The average molecular weight is 450 g/mol. The van der Waals surface area contributed by atoms with Gasteiger partial charge in [-0.15, -0.1) is 0 Å². The van der Waals surface area contributed by atoms with E-state index in [0.717, 1.165) is 83.2 Å². The number of ether oxygens (including phenoxy) is 1. The molecule has 1 N–H and O–H groups in total. The summed E-state index contributed by atoms with van der Waals surface area (Å²) in [7, 11) is 2.21. The first kappa shape index (κ1) is 23.8. The number of carboxylic acids is 1. The van der Waals surface area contributed by atoms with Crippen LogP contribution in [0, 0.1) is 5.92 Å². The van der Waals surface area contributed by atoms with Crippen molar-refractivity contribution in [3.8, 4) is 5.75 Å². The Morgan fingerprint density at radius 3 is 2.55 bits per heavy atom. The lowest BCUT2D eigenvalue weighted by molar-refractivity contribution is -0.143. The second kappa shape index (κ2) is 11.2. The lowest BCUT2D eigenvalue weighted by Gasteiger charge is -2.37. The molecule has 0 heterocycles. The number of unbranched alkanes of at least 4 members (excludes halogenated alkanes) is 1. The van der Waals surface area contributed by atoms with Crippen LogP contribution in [-0.4, -0.2) is 42.7 Å². The SMILES string of the molecule is CN(CCCCOc1ccc2c(c1)C1(CC2)CCC(C(=O)O)CC1)CCCc1ccccc1. The van der Waals surface area contributed by atoms with E-state index in [2.05, 4.69) is 60.5 Å². The maximum Gasteiger partial charge on any atom is 0.306 e. The van der Waals surface area contributed by atoms with Crippen molar-refractivity contribution < 1.29 is 14.6 Å². The fourth-order valence-corrected chi connectivity index (χ4v) is 5.79. The Kier molecular flexibility index (Phi) is 8.08. The van der Waals surface area contributed by atoms with Crippen molar-refractivity contribution in [3.05, 3.63) is 65.2 Å². The summed E-state index contributed by atoms with van der Waals surface area (Å²) < 4.78 is 6.13. The van der Waals surface area contributed by atoms with E-state index in [1.165, 1.54) is 23.1 Å². The highest BCUT2D eigenvalue weighted by molar-refractivity contribution is 5.70. The van der Waals surface area contributed by atoms with Crippen LogP contribution < -0.4 is 4.74 Å². The average Bonchev–Trinajstić information content (AvgIpc) is 3.17. The fraction of sp³-hybridized carbons (Fsp3) is 0.552. The molecule has 0 bridgehead atoms. The molecule has 2 aromatic carbocycles. The number of aliphatic carboxylic acids is 1. The van der Waals surface area contributed by atoms with E-state index in [4.69, 9.17) is 4.74 Å². The molecule has 0 aliphatic heterocycles. The van der Waals surface area contributed by atoms with E-state index in [1.807, 2.05) is 0 Å². The van der Waals surface area contributed by atoms with Crippen LogP contribution in [0.3, 0.4) is 0 Å². The summed E-state index contributed by atoms with van der Waals surface area (Å²) in [6.45, 7) is 2.99. The van der Waals surface area contributed by atoms with Gasteiger partial charge in [-0.05, 0) is 119 Å². The molecule has 4 heteroatoms. The molecule has 0 unspecified atom stereocenters. The molecule has 1 saturated carbocycles. The normalized spacial score (nSPS) is 21.9. The van der Waals surface area contributed by atoms with Gasteiger partial charge in [0.05, 0.1) is 12.5 Å². The van der Waals surface area contributed by atoms with Crippen LogP contribution >= 0.6 is 0 Å². The minimum absolute atomic E-state index is 0.157. The molecule has 4 nitrogen and oxygen atoms in total. The fourth-order valence-electron chi connectivity index (χ4n) is 5.79. The predicted octanol–water partition coefficient (Wildman–Crippen LogP) is 5.87. The maximum absolute atomic E-state index is 11.4. The van der Waals surface area contributed by atoms with Crippen LogP contribution in [0.15, 0.2) is 48.5 Å². The highest BCUT2D eigenvalue weighted by Gasteiger charge is 2.42. The van der Waals surface area contributed by atoms with Gasteiger partial charge in [0, 0.05) is 0 Å². The van der Waals surface area contributed by atoms with Crippen molar-refractivity contribution in [3.63, 3.8) is 0 Å². The zero-order valence-corrected chi connectivity index (χ0v) is 20.1. The number of rotatable bonds is 11. The monoisotopic (exact) mass is 449 g/mol. The van der Waals surface area contributed by atoms with Gasteiger partial charge in [-0.1, -0.05) is 36.4 Å². The van der Waals surface area contributed by atoms with Gasteiger partial charge < -0.3 is 14.7 Å². The van der Waals surface area contributed by atoms with Crippen LogP contribution in [0.1, 0.15) is 68.1 Å². The van der Waals surface area contributed by atoms with E-state index in [0.29, 0.717) is 0 Å². The van der Waals surface area contributed by atoms with E-state index in [-0.39, 0.29) is 11.3 Å². The second-order valence-corrected chi connectivity index (χ2v) is 10.2. The first-order valence-corrected chi connectivity index (χ1v) is 12.8. The summed E-state index contributed by atoms with van der Waals surface area (Å²) in [6.07, 6.45) is 10.4. The molecule has 2 aromatic rings. The van der Waals surface area contributed by atoms with Crippen molar-refractivity contribution >= 4 is 5.97 Å². The van der Waals surface area contributed by atoms with Crippen LogP contribution in [0.4, 0.5) is 0 Å². The summed E-state index contributed by atoms with van der Waals surface area (Å²) in [5.74, 6) is 0.198. The molecule has 0 atom stereocenters. The van der Waals surface area contributed by atoms with Crippen molar-refractivity contribution in [2.75, 3.05) is 26.7 Å². The Morgan fingerprint density at radius 1 is 1.03 bits per heavy atom. The molecule has 2 aliphatic carbocycles. The summed E-state index contributed by atoms with van der Waals surface area (Å²) in [5, 5.41) is 9.35. The molecule has 33 heavy (non-hydrogen) atoms. The first-order valence-electron chi connectivity index (χ1n) is 12.8. The number of nitrogens with zero attached hydrogens (tertiary/aromatic N) is 1. The molecule has 1 fully saturated rings. The summed E-state index contributed by atoms with van der Waals surface area (Å²) in [6, 6.07) is 17.3.